The predicted molar refractivity (Wildman–Crippen MR) is 105 cm³/mol. The van der Waals surface area contributed by atoms with Crippen LogP contribution in [0.3, 0.4) is 0 Å². The van der Waals surface area contributed by atoms with E-state index in [4.69, 9.17) is 0 Å². The first-order chi connectivity index (χ1) is 13.6. The molecule has 7 heteroatoms. The minimum atomic E-state index is -0.299. The number of hydrogen-bond donors (Lipinski definition) is 1. The van der Waals surface area contributed by atoms with Crippen molar-refractivity contribution < 1.29 is 9.59 Å². The van der Waals surface area contributed by atoms with Crippen LogP contribution in [-0.2, 0) is 13.0 Å². The second-order valence-corrected chi connectivity index (χ2v) is 6.30. The van der Waals surface area contributed by atoms with E-state index in [1.807, 2.05) is 30.3 Å². The summed E-state index contributed by atoms with van der Waals surface area (Å²) in [5.41, 5.74) is 2.58. The molecule has 3 rings (SSSR count). The highest BCUT2D eigenvalue weighted by Gasteiger charge is 2.15. The van der Waals surface area contributed by atoms with Gasteiger partial charge in [0.2, 0.25) is 0 Å². The van der Waals surface area contributed by atoms with Gasteiger partial charge in [-0.3, -0.25) is 24.5 Å². The molecule has 0 spiro atoms. The number of nitrogens with one attached hydrogen (secondary N) is 1. The molecule has 0 aliphatic rings. The fourth-order valence-corrected chi connectivity index (χ4v) is 2.62. The molecule has 0 aromatic carbocycles. The second-order valence-electron chi connectivity index (χ2n) is 6.30. The lowest BCUT2D eigenvalue weighted by atomic mass is 10.1. The summed E-state index contributed by atoms with van der Waals surface area (Å²) in [5.74, 6) is -0.479. The molecule has 0 atom stereocenters. The Kier molecular flexibility index (Phi) is 6.41. The normalized spacial score (nSPS) is 10.3. The third-order valence-electron chi connectivity index (χ3n) is 4.24. The number of carbonyl (C=O) groups is 2. The average Bonchev–Trinajstić information content (AvgIpc) is 2.76. The van der Waals surface area contributed by atoms with Crippen LogP contribution in [0.15, 0.2) is 67.4 Å². The highest BCUT2D eigenvalue weighted by Crippen LogP contribution is 2.08. The molecule has 7 nitrogen and oxygen atoms in total. The number of nitrogens with zero attached hydrogens (tertiary/aromatic N) is 4. The molecule has 0 aliphatic heterocycles. The Balaban J connectivity index is 1.59. The van der Waals surface area contributed by atoms with Crippen molar-refractivity contribution >= 4 is 11.8 Å². The molecular weight excluding hydrogens is 354 g/mol. The molecule has 0 unspecified atom stereocenters. The molecule has 0 fully saturated rings. The third-order valence-corrected chi connectivity index (χ3v) is 4.24. The van der Waals surface area contributed by atoms with E-state index in [9.17, 15) is 9.59 Å². The van der Waals surface area contributed by atoms with Crippen LogP contribution in [0.5, 0.6) is 0 Å². The molecule has 0 saturated carbocycles. The molecule has 0 bridgehead atoms. The Morgan fingerprint density at radius 3 is 2.54 bits per heavy atom. The molecule has 28 heavy (non-hydrogen) atoms. The topological polar surface area (TPSA) is 88.1 Å². The van der Waals surface area contributed by atoms with Crippen molar-refractivity contribution in [3.05, 3.63) is 89.8 Å². The van der Waals surface area contributed by atoms with E-state index in [1.54, 1.807) is 36.6 Å². The van der Waals surface area contributed by atoms with Crippen molar-refractivity contribution in [1.29, 1.82) is 0 Å². The zero-order chi connectivity index (χ0) is 19.8. The molecule has 2 amide bonds. The quantitative estimate of drug-likeness (QED) is 0.683. The number of rotatable bonds is 7. The Labute approximate surface area is 163 Å². The van der Waals surface area contributed by atoms with E-state index in [2.05, 4.69) is 20.3 Å². The van der Waals surface area contributed by atoms with Gasteiger partial charge in [-0.2, -0.15) is 0 Å². The number of hydrogen-bond acceptors (Lipinski definition) is 5. The van der Waals surface area contributed by atoms with Crippen LogP contribution in [0.1, 0.15) is 32.0 Å². The minimum absolute atomic E-state index is 0.180. The lowest BCUT2D eigenvalue weighted by molar-refractivity contribution is 0.0796. The maximum absolute atomic E-state index is 12.7. The zero-order valence-corrected chi connectivity index (χ0v) is 15.6. The van der Waals surface area contributed by atoms with Gasteiger partial charge in [0, 0.05) is 44.6 Å². The van der Waals surface area contributed by atoms with Gasteiger partial charge in [-0.05, 0) is 42.3 Å². The van der Waals surface area contributed by atoms with Crippen molar-refractivity contribution in [1.82, 2.24) is 25.2 Å². The molecule has 0 saturated heterocycles. The van der Waals surface area contributed by atoms with Crippen molar-refractivity contribution in [2.75, 3.05) is 13.6 Å². The summed E-state index contributed by atoms with van der Waals surface area (Å²) < 4.78 is 0. The first-order valence-corrected chi connectivity index (χ1v) is 8.91. The van der Waals surface area contributed by atoms with Crippen molar-refractivity contribution in [2.24, 2.45) is 0 Å². The number of aromatic nitrogens is 3. The summed E-state index contributed by atoms with van der Waals surface area (Å²) in [4.78, 5) is 38.8. The van der Waals surface area contributed by atoms with E-state index in [-0.39, 0.29) is 11.8 Å². The van der Waals surface area contributed by atoms with Crippen LogP contribution < -0.4 is 5.32 Å². The number of amides is 2. The smallest absolute Gasteiger partial charge is 0.255 e. The summed E-state index contributed by atoms with van der Waals surface area (Å²) in [6.07, 6.45) is 8.77. The molecule has 0 aliphatic carbocycles. The minimum Gasteiger partial charge on any atom is -0.346 e. The lowest BCUT2D eigenvalue weighted by Crippen LogP contribution is -2.29. The van der Waals surface area contributed by atoms with Crippen LogP contribution in [0.2, 0.25) is 0 Å². The van der Waals surface area contributed by atoms with Crippen molar-refractivity contribution in [3.63, 3.8) is 0 Å². The Bertz CT molecular complexity index is 932. The average molecular weight is 375 g/mol. The summed E-state index contributed by atoms with van der Waals surface area (Å²) in [7, 11) is 1.73. The Hall–Kier alpha value is -3.61. The maximum atomic E-state index is 12.7. The monoisotopic (exact) mass is 375 g/mol. The van der Waals surface area contributed by atoms with Gasteiger partial charge in [-0.25, -0.2) is 0 Å². The fourth-order valence-electron chi connectivity index (χ4n) is 2.62. The van der Waals surface area contributed by atoms with Gasteiger partial charge in [0.05, 0.1) is 23.4 Å². The standard InChI is InChI=1S/C21H21N5O2/c1-26(11-7-16-5-9-22-10-6-16)21(28)18-12-17(13-23-14-18)20(27)25-15-19-4-2-3-8-24-19/h2-6,8-10,12-14H,7,11,15H2,1H3,(H,25,27). The molecule has 3 aromatic heterocycles. The van der Waals surface area contributed by atoms with Crippen molar-refractivity contribution in [3.8, 4) is 0 Å². The van der Waals surface area contributed by atoms with Crippen molar-refractivity contribution in [2.45, 2.75) is 13.0 Å². The van der Waals surface area contributed by atoms with Gasteiger partial charge in [-0.1, -0.05) is 6.07 Å². The Morgan fingerprint density at radius 2 is 1.79 bits per heavy atom. The van der Waals surface area contributed by atoms with E-state index in [0.717, 1.165) is 17.7 Å². The molecule has 1 N–H and O–H groups in total. The van der Waals surface area contributed by atoms with E-state index in [1.165, 1.54) is 12.4 Å². The largest absolute Gasteiger partial charge is 0.346 e. The van der Waals surface area contributed by atoms with E-state index < -0.39 is 0 Å². The predicted octanol–water partition coefficient (Wildman–Crippen LogP) is 2.12. The van der Waals surface area contributed by atoms with Gasteiger partial charge in [0.15, 0.2) is 0 Å². The van der Waals surface area contributed by atoms with Crippen LogP contribution in [0.25, 0.3) is 0 Å². The molecular formula is C21H21N5O2. The zero-order valence-electron chi connectivity index (χ0n) is 15.6. The third kappa shape index (κ3) is 5.20. The second kappa shape index (κ2) is 9.36. The van der Waals surface area contributed by atoms with Crippen LogP contribution in [-0.4, -0.2) is 45.3 Å². The summed E-state index contributed by atoms with van der Waals surface area (Å²) in [6, 6.07) is 10.9. The summed E-state index contributed by atoms with van der Waals surface area (Å²) in [5, 5.41) is 2.79. The number of likely N-dealkylation sites (N-methyl/N-ethyl adjacent to an activating group) is 1. The first kappa shape index (κ1) is 19.2. The molecule has 3 aromatic rings. The van der Waals surface area contributed by atoms with E-state index >= 15 is 0 Å². The molecule has 3 heterocycles. The summed E-state index contributed by atoms with van der Waals surface area (Å²) in [6.45, 7) is 0.864. The van der Waals surface area contributed by atoms with Crippen LogP contribution >= 0.6 is 0 Å². The van der Waals surface area contributed by atoms with Crippen LogP contribution in [0, 0.1) is 0 Å². The highest BCUT2D eigenvalue weighted by molar-refractivity contribution is 5.99. The van der Waals surface area contributed by atoms with Gasteiger partial charge >= 0.3 is 0 Å². The Morgan fingerprint density at radius 1 is 1.00 bits per heavy atom. The maximum Gasteiger partial charge on any atom is 0.255 e. The van der Waals surface area contributed by atoms with Gasteiger partial charge in [0.1, 0.15) is 0 Å². The number of carbonyl (C=O) groups excluding carboxylic acids is 2. The summed E-state index contributed by atoms with van der Waals surface area (Å²) >= 11 is 0. The van der Waals surface area contributed by atoms with Gasteiger partial charge in [-0.15, -0.1) is 0 Å². The van der Waals surface area contributed by atoms with Crippen LogP contribution in [0.4, 0.5) is 0 Å². The lowest BCUT2D eigenvalue weighted by Gasteiger charge is -2.17. The van der Waals surface area contributed by atoms with Gasteiger partial charge < -0.3 is 10.2 Å². The first-order valence-electron chi connectivity index (χ1n) is 8.91. The number of pyridine rings is 3. The van der Waals surface area contributed by atoms with E-state index in [0.29, 0.717) is 24.2 Å². The fraction of sp³-hybridized carbons (Fsp3) is 0.190. The highest BCUT2D eigenvalue weighted by atomic mass is 16.2. The molecule has 142 valence electrons. The van der Waals surface area contributed by atoms with Gasteiger partial charge in [0.25, 0.3) is 11.8 Å². The molecule has 0 radical (unpaired) electrons. The SMILES string of the molecule is CN(CCc1ccncc1)C(=O)c1cncc(C(=O)NCc2ccccn2)c1.